The zero-order chi connectivity index (χ0) is 15.4. The standard InChI is InChI=1S/C16H20N4O2/c1-20-7-4-5-13(20)16(21)19-11-12-9-17-15(18-10-12)14-6-2-3-8-22-14/h4-5,7,9-10,14H,2-3,6,8,11H2,1H3,(H,19,21). The Labute approximate surface area is 129 Å². The highest BCUT2D eigenvalue weighted by molar-refractivity contribution is 5.92. The summed E-state index contributed by atoms with van der Waals surface area (Å²) < 4.78 is 7.45. The van der Waals surface area contributed by atoms with Gasteiger partial charge in [-0.15, -0.1) is 0 Å². The predicted octanol–water partition coefficient (Wildman–Crippen LogP) is 1.99. The summed E-state index contributed by atoms with van der Waals surface area (Å²) in [7, 11) is 1.84. The Kier molecular flexibility index (Phi) is 4.48. The van der Waals surface area contributed by atoms with Gasteiger partial charge in [-0.3, -0.25) is 4.79 Å². The van der Waals surface area contributed by atoms with E-state index in [1.807, 2.05) is 19.3 Å². The zero-order valence-corrected chi connectivity index (χ0v) is 12.7. The van der Waals surface area contributed by atoms with E-state index in [-0.39, 0.29) is 12.0 Å². The van der Waals surface area contributed by atoms with Crippen LogP contribution in [-0.2, 0) is 18.3 Å². The lowest BCUT2D eigenvalue weighted by molar-refractivity contribution is 0.00940. The third-order valence-corrected chi connectivity index (χ3v) is 3.82. The number of aromatic nitrogens is 3. The van der Waals surface area contributed by atoms with Crippen molar-refractivity contribution in [1.29, 1.82) is 0 Å². The number of carbonyl (C=O) groups is 1. The summed E-state index contributed by atoms with van der Waals surface area (Å²) in [5.74, 6) is 0.629. The number of nitrogens with zero attached hydrogens (tertiary/aromatic N) is 3. The van der Waals surface area contributed by atoms with Crippen LogP contribution in [0, 0.1) is 0 Å². The van der Waals surface area contributed by atoms with Crippen molar-refractivity contribution in [3.8, 4) is 0 Å². The molecule has 2 aromatic rings. The van der Waals surface area contributed by atoms with Gasteiger partial charge in [-0.25, -0.2) is 9.97 Å². The Morgan fingerprint density at radius 1 is 1.41 bits per heavy atom. The van der Waals surface area contributed by atoms with Gasteiger partial charge in [0.2, 0.25) is 0 Å². The topological polar surface area (TPSA) is 69.0 Å². The Bertz CT molecular complexity index is 630. The number of amides is 1. The molecule has 3 rings (SSSR count). The number of nitrogens with one attached hydrogen (secondary N) is 1. The van der Waals surface area contributed by atoms with Crippen molar-refractivity contribution in [3.63, 3.8) is 0 Å². The van der Waals surface area contributed by atoms with Crippen LogP contribution in [0.2, 0.25) is 0 Å². The SMILES string of the molecule is Cn1cccc1C(=O)NCc1cnc(C2CCCCO2)nc1. The molecule has 22 heavy (non-hydrogen) atoms. The molecule has 1 amide bonds. The maximum absolute atomic E-state index is 12.0. The van der Waals surface area contributed by atoms with Crippen molar-refractivity contribution in [1.82, 2.24) is 19.9 Å². The Morgan fingerprint density at radius 3 is 2.86 bits per heavy atom. The molecule has 6 heteroatoms. The van der Waals surface area contributed by atoms with Crippen molar-refractivity contribution in [2.75, 3.05) is 6.61 Å². The molecule has 6 nitrogen and oxygen atoms in total. The fourth-order valence-electron chi connectivity index (χ4n) is 2.54. The second-order valence-corrected chi connectivity index (χ2v) is 5.49. The van der Waals surface area contributed by atoms with Crippen LogP contribution >= 0.6 is 0 Å². The van der Waals surface area contributed by atoms with Crippen LogP contribution in [0.4, 0.5) is 0 Å². The molecular formula is C16H20N4O2. The summed E-state index contributed by atoms with van der Waals surface area (Å²) in [6.07, 6.45) is 8.61. The molecule has 0 spiro atoms. The molecule has 1 N–H and O–H groups in total. The van der Waals surface area contributed by atoms with E-state index in [1.165, 1.54) is 0 Å². The number of rotatable bonds is 4. The molecule has 1 aliphatic heterocycles. The molecule has 1 atom stereocenters. The molecule has 0 aliphatic carbocycles. The van der Waals surface area contributed by atoms with E-state index in [1.54, 1.807) is 23.0 Å². The smallest absolute Gasteiger partial charge is 0.268 e. The average Bonchev–Trinajstić information content (AvgIpc) is 3.00. The molecule has 3 heterocycles. The number of hydrogen-bond acceptors (Lipinski definition) is 4. The molecular weight excluding hydrogens is 280 g/mol. The lowest BCUT2D eigenvalue weighted by atomic mass is 10.1. The van der Waals surface area contributed by atoms with E-state index in [2.05, 4.69) is 15.3 Å². The van der Waals surface area contributed by atoms with Gasteiger partial charge in [0.1, 0.15) is 11.8 Å². The first-order chi connectivity index (χ1) is 10.7. The molecule has 0 bridgehead atoms. The molecule has 2 aromatic heterocycles. The van der Waals surface area contributed by atoms with Crippen LogP contribution < -0.4 is 5.32 Å². The highest BCUT2D eigenvalue weighted by Gasteiger charge is 2.18. The van der Waals surface area contributed by atoms with Crippen LogP contribution in [0.1, 0.15) is 47.2 Å². The number of carbonyl (C=O) groups excluding carboxylic acids is 1. The van der Waals surface area contributed by atoms with Crippen LogP contribution in [0.3, 0.4) is 0 Å². The summed E-state index contributed by atoms with van der Waals surface area (Å²) in [5.41, 5.74) is 1.51. The number of aryl methyl sites for hydroxylation is 1. The first-order valence-corrected chi connectivity index (χ1v) is 7.56. The Balaban J connectivity index is 1.57. The number of ether oxygens (including phenoxy) is 1. The van der Waals surface area contributed by atoms with Crippen LogP contribution in [0.15, 0.2) is 30.7 Å². The molecule has 0 radical (unpaired) electrons. The van der Waals surface area contributed by atoms with Gasteiger partial charge in [-0.1, -0.05) is 0 Å². The maximum Gasteiger partial charge on any atom is 0.268 e. The van der Waals surface area contributed by atoms with Crippen molar-refractivity contribution in [2.24, 2.45) is 7.05 Å². The maximum atomic E-state index is 12.0. The number of hydrogen-bond donors (Lipinski definition) is 1. The second-order valence-electron chi connectivity index (χ2n) is 5.49. The summed E-state index contributed by atoms with van der Waals surface area (Å²) >= 11 is 0. The van der Waals surface area contributed by atoms with E-state index in [4.69, 9.17) is 4.74 Å². The van der Waals surface area contributed by atoms with Gasteiger partial charge in [0, 0.05) is 44.4 Å². The molecule has 0 aromatic carbocycles. The molecule has 116 valence electrons. The Morgan fingerprint density at radius 2 is 2.23 bits per heavy atom. The molecule has 1 aliphatic rings. The highest BCUT2D eigenvalue weighted by Crippen LogP contribution is 2.24. The molecule has 1 saturated heterocycles. The van der Waals surface area contributed by atoms with Crippen LogP contribution in [0.25, 0.3) is 0 Å². The average molecular weight is 300 g/mol. The van der Waals surface area contributed by atoms with Gasteiger partial charge < -0.3 is 14.6 Å². The fraction of sp³-hybridized carbons (Fsp3) is 0.438. The summed E-state index contributed by atoms with van der Waals surface area (Å²) in [6.45, 7) is 1.19. The van der Waals surface area contributed by atoms with Gasteiger partial charge in [-0.05, 0) is 31.4 Å². The summed E-state index contributed by atoms with van der Waals surface area (Å²) in [4.78, 5) is 20.8. The van der Waals surface area contributed by atoms with Crippen LogP contribution in [-0.4, -0.2) is 27.0 Å². The van der Waals surface area contributed by atoms with E-state index in [9.17, 15) is 4.79 Å². The minimum atomic E-state index is -0.104. The van der Waals surface area contributed by atoms with Crippen molar-refractivity contribution in [3.05, 3.63) is 47.8 Å². The van der Waals surface area contributed by atoms with Crippen LogP contribution in [0.5, 0.6) is 0 Å². The summed E-state index contributed by atoms with van der Waals surface area (Å²) in [5, 5.41) is 2.87. The minimum absolute atomic E-state index is 0.0146. The van der Waals surface area contributed by atoms with Gasteiger partial charge >= 0.3 is 0 Å². The van der Waals surface area contributed by atoms with E-state index in [0.717, 1.165) is 37.3 Å². The van der Waals surface area contributed by atoms with Gasteiger partial charge in [0.15, 0.2) is 5.82 Å². The molecule has 0 saturated carbocycles. The molecule has 1 fully saturated rings. The second kappa shape index (κ2) is 6.70. The lowest BCUT2D eigenvalue weighted by Crippen LogP contribution is -2.25. The Hall–Kier alpha value is -2.21. The van der Waals surface area contributed by atoms with Gasteiger partial charge in [0.05, 0.1) is 0 Å². The fourth-order valence-corrected chi connectivity index (χ4v) is 2.54. The highest BCUT2D eigenvalue weighted by atomic mass is 16.5. The normalized spacial score (nSPS) is 18.1. The largest absolute Gasteiger partial charge is 0.370 e. The first-order valence-electron chi connectivity index (χ1n) is 7.56. The lowest BCUT2D eigenvalue weighted by Gasteiger charge is -2.21. The predicted molar refractivity (Wildman–Crippen MR) is 81.2 cm³/mol. The third kappa shape index (κ3) is 3.33. The van der Waals surface area contributed by atoms with Crippen molar-refractivity contribution >= 4 is 5.91 Å². The minimum Gasteiger partial charge on any atom is -0.370 e. The van der Waals surface area contributed by atoms with E-state index < -0.39 is 0 Å². The van der Waals surface area contributed by atoms with Crippen molar-refractivity contribution < 1.29 is 9.53 Å². The first kappa shape index (κ1) is 14.7. The van der Waals surface area contributed by atoms with Gasteiger partial charge in [0.25, 0.3) is 5.91 Å². The molecule has 1 unspecified atom stereocenters. The van der Waals surface area contributed by atoms with E-state index >= 15 is 0 Å². The van der Waals surface area contributed by atoms with Crippen molar-refractivity contribution in [2.45, 2.75) is 31.9 Å². The van der Waals surface area contributed by atoms with E-state index in [0.29, 0.717) is 12.2 Å². The monoisotopic (exact) mass is 300 g/mol. The van der Waals surface area contributed by atoms with Gasteiger partial charge in [-0.2, -0.15) is 0 Å². The summed E-state index contributed by atoms with van der Waals surface area (Å²) in [6, 6.07) is 3.63. The third-order valence-electron chi connectivity index (χ3n) is 3.82. The quantitative estimate of drug-likeness (QED) is 0.937. The zero-order valence-electron chi connectivity index (χ0n) is 12.7.